The first-order valence-corrected chi connectivity index (χ1v) is 20.4. The van der Waals surface area contributed by atoms with Crippen molar-refractivity contribution in [1.29, 1.82) is 0 Å². The summed E-state index contributed by atoms with van der Waals surface area (Å²) in [5, 5.41) is 28.4. The highest BCUT2D eigenvalue weighted by Crippen LogP contribution is 2.35. The van der Waals surface area contributed by atoms with E-state index in [4.69, 9.17) is 9.72 Å². The van der Waals surface area contributed by atoms with Crippen molar-refractivity contribution in [2.75, 3.05) is 26.7 Å². The molecule has 53 heavy (non-hydrogen) atoms. The van der Waals surface area contributed by atoms with Gasteiger partial charge in [-0.3, -0.25) is 24.1 Å². The lowest BCUT2D eigenvalue weighted by Crippen LogP contribution is -2.58. The number of aliphatic carboxylic acids is 1. The van der Waals surface area contributed by atoms with Gasteiger partial charge in [0.1, 0.15) is 28.6 Å². The molecule has 2 aliphatic rings. The third-order valence-electron chi connectivity index (χ3n) is 10.9. The Hall–Kier alpha value is -3.55. The number of phenols is 1. The Labute approximate surface area is 319 Å². The summed E-state index contributed by atoms with van der Waals surface area (Å²) in [4.78, 5) is 62.6. The zero-order valence-corrected chi connectivity index (χ0v) is 33.4. The van der Waals surface area contributed by atoms with Gasteiger partial charge in [-0.05, 0) is 87.2 Å². The molecule has 0 bridgehead atoms. The number of rotatable bonds is 18. The third-order valence-corrected chi connectivity index (χ3v) is 11.8. The van der Waals surface area contributed by atoms with Crippen LogP contribution < -0.4 is 10.6 Å². The van der Waals surface area contributed by atoms with Crippen LogP contribution in [0.15, 0.2) is 23.6 Å². The highest BCUT2D eigenvalue weighted by Gasteiger charge is 2.38. The number of nitrogens with one attached hydrogen (secondary N) is 2. The number of aromatic nitrogens is 1. The molecule has 1 aliphatic heterocycles. The highest BCUT2D eigenvalue weighted by atomic mass is 32.1. The van der Waals surface area contributed by atoms with E-state index in [1.807, 2.05) is 32.7 Å². The van der Waals surface area contributed by atoms with E-state index in [2.05, 4.69) is 36.3 Å². The van der Waals surface area contributed by atoms with Crippen LogP contribution in [0.3, 0.4) is 0 Å². The van der Waals surface area contributed by atoms with Crippen LogP contribution in [0.4, 0.5) is 0 Å². The Kier molecular flexibility index (Phi) is 15.7. The molecular weight excluding hydrogens is 695 g/mol. The topological polar surface area (TPSA) is 161 Å². The van der Waals surface area contributed by atoms with Gasteiger partial charge in [0.25, 0.3) is 5.91 Å². The van der Waals surface area contributed by atoms with Gasteiger partial charge in [-0.25, -0.2) is 4.98 Å². The van der Waals surface area contributed by atoms with E-state index in [1.54, 1.807) is 11.4 Å². The Bertz CT molecular complexity index is 1550. The highest BCUT2D eigenvalue weighted by molar-refractivity contribution is 7.09. The second-order valence-electron chi connectivity index (χ2n) is 15.3. The molecule has 1 aromatic carbocycles. The number of aromatic hydroxyl groups is 1. The van der Waals surface area contributed by atoms with Crippen molar-refractivity contribution in [3.8, 4) is 5.75 Å². The van der Waals surface area contributed by atoms with Crippen LogP contribution in [0.5, 0.6) is 5.75 Å². The predicted molar refractivity (Wildman–Crippen MR) is 206 cm³/mol. The normalized spacial score (nSPS) is 21.2. The maximum atomic E-state index is 14.6. The molecule has 1 aromatic heterocycles. The van der Waals surface area contributed by atoms with Crippen molar-refractivity contribution in [3.63, 3.8) is 0 Å². The van der Waals surface area contributed by atoms with Crippen molar-refractivity contribution in [3.05, 3.63) is 45.4 Å². The van der Waals surface area contributed by atoms with Crippen LogP contribution in [0.25, 0.3) is 0 Å². The number of hydrogen-bond donors (Lipinski definition) is 4. The number of phenolic OH excluding ortho intramolecular Hbond substituents is 1. The summed E-state index contributed by atoms with van der Waals surface area (Å²) >= 11 is 1.34. The molecule has 4 rings (SSSR count). The minimum Gasteiger partial charge on any atom is -0.508 e. The van der Waals surface area contributed by atoms with Crippen LogP contribution in [-0.2, 0) is 25.5 Å². The van der Waals surface area contributed by atoms with Gasteiger partial charge in [-0.15, -0.1) is 11.3 Å². The monoisotopic (exact) mass is 755 g/mol. The quantitative estimate of drug-likeness (QED) is 0.145. The summed E-state index contributed by atoms with van der Waals surface area (Å²) < 4.78 is 6.40. The Morgan fingerprint density at radius 1 is 1.11 bits per heavy atom. The number of nitrogens with zero attached hydrogens (tertiary/aromatic N) is 3. The first-order chi connectivity index (χ1) is 25.3. The maximum absolute atomic E-state index is 14.6. The summed E-state index contributed by atoms with van der Waals surface area (Å²) in [7, 11) is 1.97. The number of likely N-dealkylation sites (tertiary alicyclic amines) is 1. The second kappa shape index (κ2) is 19.7. The standard InChI is InChI=1S/C40H61N5O7S/c1-8-16-45(39(49)35(25(6)10-3)43-37(48)32-13-11-12-17-44(32)7)33(24(4)5)22-34(52-18-9-2)38-42-31(23-53-38)36(47)41-27-19-26-14-15-28(46)21-29(26)30(20-27)40(50)51/h14-15,21,23-25,27,30,32-35,46H,8-13,16-20,22H2,1-7H3,(H,41,47)(H,43,48)(H,50,51). The molecule has 2 aromatic rings. The first-order valence-electron chi connectivity index (χ1n) is 19.5. The summed E-state index contributed by atoms with van der Waals surface area (Å²) in [5.41, 5.74) is 1.58. The van der Waals surface area contributed by atoms with Crippen LogP contribution in [0.1, 0.15) is 132 Å². The van der Waals surface area contributed by atoms with Gasteiger partial charge >= 0.3 is 5.97 Å². The van der Waals surface area contributed by atoms with Gasteiger partial charge < -0.3 is 30.5 Å². The molecule has 1 aliphatic carbocycles. The van der Waals surface area contributed by atoms with Gasteiger partial charge in [0.15, 0.2) is 0 Å². The fourth-order valence-electron chi connectivity index (χ4n) is 7.67. The van der Waals surface area contributed by atoms with Crippen LogP contribution in [0.2, 0.25) is 0 Å². The van der Waals surface area contributed by atoms with Gasteiger partial charge in [0.2, 0.25) is 11.8 Å². The van der Waals surface area contributed by atoms with Crippen LogP contribution >= 0.6 is 11.3 Å². The van der Waals surface area contributed by atoms with Gasteiger partial charge in [-0.2, -0.15) is 0 Å². The number of hydrogen-bond acceptors (Lipinski definition) is 9. The number of ether oxygens (including phenoxy) is 1. The largest absolute Gasteiger partial charge is 0.508 e. The molecule has 4 N–H and O–H groups in total. The fourth-order valence-corrected chi connectivity index (χ4v) is 8.53. The van der Waals surface area contributed by atoms with Crippen molar-refractivity contribution in [2.24, 2.45) is 11.8 Å². The number of carbonyl (C=O) groups is 4. The minimum absolute atomic E-state index is 0.0130. The Morgan fingerprint density at radius 2 is 1.87 bits per heavy atom. The number of carbonyl (C=O) groups excluding carboxylic acids is 3. The Morgan fingerprint density at radius 3 is 2.51 bits per heavy atom. The third kappa shape index (κ3) is 10.8. The molecular formula is C40H61N5O7S. The molecule has 1 saturated heterocycles. The van der Waals surface area contributed by atoms with Crippen molar-refractivity contribution < 1.29 is 34.1 Å². The molecule has 0 spiro atoms. The van der Waals surface area contributed by atoms with Crippen LogP contribution in [0, 0.1) is 11.8 Å². The zero-order valence-electron chi connectivity index (χ0n) is 32.6. The number of thiazole rings is 1. The number of carboxylic acid groups (broad SMARTS) is 1. The number of carboxylic acids is 1. The molecule has 13 heteroatoms. The summed E-state index contributed by atoms with van der Waals surface area (Å²) in [5.74, 6) is -2.39. The molecule has 7 unspecified atom stereocenters. The van der Waals surface area contributed by atoms with Crippen molar-refractivity contribution >= 4 is 35.0 Å². The molecule has 0 radical (unpaired) electrons. The average molecular weight is 756 g/mol. The van der Waals surface area contributed by atoms with Gasteiger partial charge in [0, 0.05) is 37.0 Å². The molecule has 3 amide bonds. The van der Waals surface area contributed by atoms with E-state index in [1.165, 1.54) is 23.5 Å². The molecule has 0 saturated carbocycles. The van der Waals surface area contributed by atoms with Crippen molar-refractivity contribution in [1.82, 2.24) is 25.4 Å². The van der Waals surface area contributed by atoms with E-state index < -0.39 is 36.0 Å². The lowest BCUT2D eigenvalue weighted by Gasteiger charge is -2.40. The summed E-state index contributed by atoms with van der Waals surface area (Å²) in [6.45, 7) is 14.2. The number of fused-ring (bicyclic) bond motifs is 1. The summed E-state index contributed by atoms with van der Waals surface area (Å²) in [6, 6.07) is 3.19. The van der Waals surface area contributed by atoms with Crippen LogP contribution in [-0.4, -0.2) is 99.6 Å². The SMILES string of the molecule is CCCOC(CC(C(C)C)N(CCC)C(=O)C(NC(=O)C1CCCCN1C)C(C)CC)c1nc(C(=O)NC2Cc3ccc(O)cc3C(C(=O)O)C2)cs1. The molecule has 2 heterocycles. The zero-order chi connectivity index (χ0) is 38.8. The number of benzene rings is 1. The van der Waals surface area contributed by atoms with E-state index in [0.717, 1.165) is 50.6 Å². The van der Waals surface area contributed by atoms with E-state index in [-0.39, 0.29) is 53.6 Å². The number of likely N-dealkylation sites (N-methyl/N-ethyl adjacent to an activating group) is 1. The predicted octanol–water partition coefficient (Wildman–Crippen LogP) is 5.90. The van der Waals surface area contributed by atoms with E-state index in [9.17, 15) is 29.4 Å². The molecule has 7 atom stereocenters. The second-order valence-corrected chi connectivity index (χ2v) is 16.1. The van der Waals surface area contributed by atoms with E-state index in [0.29, 0.717) is 36.6 Å². The van der Waals surface area contributed by atoms with Crippen molar-refractivity contribution in [2.45, 2.75) is 136 Å². The average Bonchev–Trinajstić information content (AvgIpc) is 3.63. The number of amides is 3. The molecule has 1 fully saturated rings. The van der Waals surface area contributed by atoms with Gasteiger partial charge in [0.05, 0.1) is 12.0 Å². The first kappa shape index (κ1) is 42.2. The maximum Gasteiger partial charge on any atom is 0.311 e. The Balaban J connectivity index is 1.54. The smallest absolute Gasteiger partial charge is 0.311 e. The molecule has 12 nitrogen and oxygen atoms in total. The summed E-state index contributed by atoms with van der Waals surface area (Å²) in [6.07, 6.45) is 5.75. The molecule has 294 valence electrons. The minimum atomic E-state index is -1.01. The van der Waals surface area contributed by atoms with Gasteiger partial charge in [-0.1, -0.05) is 60.5 Å². The lowest BCUT2D eigenvalue weighted by molar-refractivity contribution is -0.143. The van der Waals surface area contributed by atoms with E-state index >= 15 is 0 Å². The fraction of sp³-hybridized carbons (Fsp3) is 0.675. The number of piperidine rings is 1. The lowest BCUT2D eigenvalue weighted by atomic mass is 9.80.